The maximum Gasteiger partial charge on any atom is 0.253 e. The van der Waals surface area contributed by atoms with Gasteiger partial charge < -0.3 is 15.1 Å². The quantitative estimate of drug-likeness (QED) is 0.822. The van der Waals surface area contributed by atoms with Crippen LogP contribution >= 0.6 is 0 Å². The Hall–Kier alpha value is -2.89. The molecule has 0 saturated carbocycles. The fourth-order valence-electron chi connectivity index (χ4n) is 4.35. The van der Waals surface area contributed by atoms with Crippen LogP contribution in [0.3, 0.4) is 0 Å². The number of halogens is 1. The number of piperidine rings is 1. The molecule has 1 atom stereocenters. The van der Waals surface area contributed by atoms with Crippen molar-refractivity contribution >= 4 is 23.2 Å². The van der Waals surface area contributed by atoms with Crippen LogP contribution in [-0.2, 0) is 4.79 Å². The van der Waals surface area contributed by atoms with Crippen molar-refractivity contribution < 1.29 is 14.0 Å². The smallest absolute Gasteiger partial charge is 0.253 e. The number of benzene rings is 2. The van der Waals surface area contributed by atoms with Crippen molar-refractivity contribution in [2.45, 2.75) is 32.6 Å². The maximum absolute atomic E-state index is 13.1. The largest absolute Gasteiger partial charge is 0.372 e. The Labute approximate surface area is 176 Å². The van der Waals surface area contributed by atoms with E-state index >= 15 is 0 Å². The van der Waals surface area contributed by atoms with E-state index < -0.39 is 0 Å². The van der Waals surface area contributed by atoms with Crippen molar-refractivity contribution in [2.24, 2.45) is 5.92 Å². The van der Waals surface area contributed by atoms with Crippen LogP contribution in [0.1, 0.15) is 41.6 Å². The number of hydrogen-bond donors (Lipinski definition) is 1. The highest BCUT2D eigenvalue weighted by molar-refractivity contribution is 5.96. The molecule has 1 N–H and O–H groups in total. The molecule has 2 saturated heterocycles. The monoisotopic (exact) mass is 409 g/mol. The minimum absolute atomic E-state index is 0.0522. The molecule has 2 heterocycles. The molecule has 5 nitrogen and oxygen atoms in total. The van der Waals surface area contributed by atoms with Crippen molar-refractivity contribution in [1.29, 1.82) is 0 Å². The average Bonchev–Trinajstić information content (AvgIpc) is 3.30. The van der Waals surface area contributed by atoms with Crippen molar-refractivity contribution in [1.82, 2.24) is 4.90 Å². The first-order valence-corrected chi connectivity index (χ1v) is 10.7. The maximum atomic E-state index is 13.1. The number of nitrogens with zero attached hydrogens (tertiary/aromatic N) is 2. The molecule has 4 rings (SSSR count). The number of hydrogen-bond acceptors (Lipinski definition) is 3. The Balaban J connectivity index is 1.39. The molecule has 0 bridgehead atoms. The van der Waals surface area contributed by atoms with Gasteiger partial charge in [0.15, 0.2) is 0 Å². The van der Waals surface area contributed by atoms with E-state index in [9.17, 15) is 14.0 Å². The van der Waals surface area contributed by atoms with E-state index in [0.29, 0.717) is 18.7 Å². The number of anilines is 2. The zero-order chi connectivity index (χ0) is 21.1. The number of aryl methyl sites for hydroxylation is 1. The SMILES string of the molecule is Cc1cc(N2CCCC2)ccc1NC(=O)C1CCCN(C(=O)c2ccc(F)cc2)C1. The molecule has 2 amide bonds. The lowest BCUT2D eigenvalue weighted by atomic mass is 9.96. The molecule has 2 fully saturated rings. The second-order valence-corrected chi connectivity index (χ2v) is 8.28. The highest BCUT2D eigenvalue weighted by Crippen LogP contribution is 2.27. The molecule has 158 valence electrons. The van der Waals surface area contributed by atoms with E-state index in [1.165, 1.54) is 42.8 Å². The van der Waals surface area contributed by atoms with E-state index in [2.05, 4.69) is 22.3 Å². The van der Waals surface area contributed by atoms with Crippen LogP contribution in [0.4, 0.5) is 15.8 Å². The van der Waals surface area contributed by atoms with Crippen molar-refractivity contribution in [2.75, 3.05) is 36.4 Å². The normalized spacial score (nSPS) is 19.1. The van der Waals surface area contributed by atoms with Gasteiger partial charge in [0.2, 0.25) is 5.91 Å². The highest BCUT2D eigenvalue weighted by atomic mass is 19.1. The number of nitrogens with one attached hydrogen (secondary N) is 1. The highest BCUT2D eigenvalue weighted by Gasteiger charge is 2.29. The molecule has 2 aromatic rings. The molecule has 6 heteroatoms. The fraction of sp³-hybridized carbons (Fsp3) is 0.417. The summed E-state index contributed by atoms with van der Waals surface area (Å²) in [5.74, 6) is -0.823. The van der Waals surface area contributed by atoms with E-state index in [-0.39, 0.29) is 23.5 Å². The predicted octanol–water partition coefficient (Wildman–Crippen LogP) is 4.23. The van der Waals surface area contributed by atoms with Crippen molar-refractivity contribution in [3.63, 3.8) is 0 Å². The van der Waals surface area contributed by atoms with Gasteiger partial charge in [0.25, 0.3) is 5.91 Å². The number of amides is 2. The van der Waals surface area contributed by atoms with Crippen LogP contribution in [0, 0.1) is 18.7 Å². The van der Waals surface area contributed by atoms with Crippen LogP contribution in [-0.4, -0.2) is 42.9 Å². The Kier molecular flexibility index (Phi) is 6.02. The van der Waals surface area contributed by atoms with Gasteiger partial charge in [-0.1, -0.05) is 0 Å². The molecule has 30 heavy (non-hydrogen) atoms. The summed E-state index contributed by atoms with van der Waals surface area (Å²) in [5, 5.41) is 3.06. The van der Waals surface area contributed by atoms with Gasteiger partial charge in [0, 0.05) is 43.1 Å². The van der Waals surface area contributed by atoms with Crippen LogP contribution in [0.2, 0.25) is 0 Å². The van der Waals surface area contributed by atoms with E-state index in [0.717, 1.165) is 37.2 Å². The molecule has 0 aromatic heterocycles. The summed E-state index contributed by atoms with van der Waals surface area (Å²) >= 11 is 0. The van der Waals surface area contributed by atoms with Crippen LogP contribution in [0.15, 0.2) is 42.5 Å². The molecule has 0 spiro atoms. The minimum atomic E-state index is -0.367. The third kappa shape index (κ3) is 4.48. The number of likely N-dealkylation sites (tertiary alicyclic amines) is 1. The van der Waals surface area contributed by atoms with Gasteiger partial charge in [-0.15, -0.1) is 0 Å². The van der Waals surface area contributed by atoms with Crippen LogP contribution < -0.4 is 10.2 Å². The summed E-state index contributed by atoms with van der Waals surface area (Å²) in [4.78, 5) is 29.7. The molecular weight excluding hydrogens is 381 g/mol. The van der Waals surface area contributed by atoms with E-state index in [1.54, 1.807) is 4.90 Å². The van der Waals surface area contributed by atoms with Gasteiger partial charge in [-0.3, -0.25) is 9.59 Å². The van der Waals surface area contributed by atoms with Gasteiger partial charge in [-0.25, -0.2) is 4.39 Å². The first-order valence-electron chi connectivity index (χ1n) is 10.7. The molecule has 2 aromatic carbocycles. The minimum Gasteiger partial charge on any atom is -0.372 e. The van der Waals surface area contributed by atoms with Gasteiger partial charge in [0.05, 0.1) is 5.92 Å². The summed E-state index contributed by atoms with van der Waals surface area (Å²) < 4.78 is 13.1. The molecule has 2 aliphatic rings. The topological polar surface area (TPSA) is 52.7 Å². The van der Waals surface area contributed by atoms with Gasteiger partial charge in [0.1, 0.15) is 5.82 Å². The second-order valence-electron chi connectivity index (χ2n) is 8.28. The fourth-order valence-corrected chi connectivity index (χ4v) is 4.35. The summed E-state index contributed by atoms with van der Waals surface area (Å²) in [6.07, 6.45) is 3.99. The first kappa shape index (κ1) is 20.4. The zero-order valence-electron chi connectivity index (χ0n) is 17.4. The Morgan fingerprint density at radius 1 is 1.00 bits per heavy atom. The third-order valence-electron chi connectivity index (χ3n) is 6.11. The summed E-state index contributed by atoms with van der Waals surface area (Å²) in [6.45, 7) is 5.19. The average molecular weight is 410 g/mol. The standard InChI is InChI=1S/C24H28FN3O2/c1-17-15-21(27-12-2-3-13-27)10-11-22(17)26-23(29)19-5-4-14-28(16-19)24(30)18-6-8-20(25)9-7-18/h6-11,15,19H,2-5,12-14,16H2,1H3,(H,26,29). The lowest BCUT2D eigenvalue weighted by Crippen LogP contribution is -2.43. The Morgan fingerprint density at radius 2 is 1.73 bits per heavy atom. The van der Waals surface area contributed by atoms with E-state index in [4.69, 9.17) is 0 Å². The summed E-state index contributed by atoms with van der Waals surface area (Å²) in [6, 6.07) is 11.7. The van der Waals surface area contributed by atoms with Crippen molar-refractivity contribution in [3.05, 3.63) is 59.4 Å². The van der Waals surface area contributed by atoms with Crippen molar-refractivity contribution in [3.8, 4) is 0 Å². The Morgan fingerprint density at radius 3 is 2.43 bits per heavy atom. The molecule has 0 aliphatic carbocycles. The lowest BCUT2D eigenvalue weighted by Gasteiger charge is -2.32. The number of rotatable bonds is 4. The second kappa shape index (κ2) is 8.86. The molecule has 0 radical (unpaired) electrons. The van der Waals surface area contributed by atoms with Crippen LogP contribution in [0.5, 0.6) is 0 Å². The number of carbonyl (C=O) groups excluding carboxylic acids is 2. The third-order valence-corrected chi connectivity index (χ3v) is 6.11. The lowest BCUT2D eigenvalue weighted by molar-refractivity contribution is -0.121. The molecule has 2 aliphatic heterocycles. The first-order chi connectivity index (χ1) is 14.5. The van der Waals surface area contributed by atoms with Gasteiger partial charge >= 0.3 is 0 Å². The zero-order valence-corrected chi connectivity index (χ0v) is 17.4. The number of carbonyl (C=O) groups is 2. The molecular formula is C24H28FN3O2. The van der Waals surface area contributed by atoms with Crippen LogP contribution in [0.25, 0.3) is 0 Å². The van der Waals surface area contributed by atoms with Gasteiger partial charge in [-0.2, -0.15) is 0 Å². The summed E-state index contributed by atoms with van der Waals surface area (Å²) in [5.41, 5.74) is 3.52. The molecule has 1 unspecified atom stereocenters. The van der Waals surface area contributed by atoms with E-state index in [1.807, 2.05) is 13.0 Å². The Bertz CT molecular complexity index is 923. The van der Waals surface area contributed by atoms with Gasteiger partial charge in [-0.05, 0) is 80.6 Å². The summed E-state index contributed by atoms with van der Waals surface area (Å²) in [7, 11) is 0. The predicted molar refractivity (Wildman–Crippen MR) is 116 cm³/mol.